The largest absolute Gasteiger partial charge is 1.00 e. The smallest absolute Gasteiger partial charge is 0.352 e. The van der Waals surface area contributed by atoms with Gasteiger partial charge in [0.05, 0.1) is 0 Å². The van der Waals surface area contributed by atoms with E-state index in [2.05, 4.69) is 4.99 Å². The monoisotopic (exact) mass is 338 g/mol. The van der Waals surface area contributed by atoms with E-state index in [0.717, 1.165) is 0 Å². The number of carbonyl (C=O) groups is 2. The molecule has 0 saturated carbocycles. The number of carboxylic acid groups (broad SMARTS) is 1. The number of hydrogen-bond donors (Lipinski definition) is 2. The van der Waals surface area contributed by atoms with Crippen LogP contribution in [0, 0.1) is 5.92 Å². The average molecular weight is 339 g/mol. The van der Waals surface area contributed by atoms with Gasteiger partial charge >= 0.3 is 5.97 Å². The molecule has 0 aromatic heterocycles. The summed E-state index contributed by atoms with van der Waals surface area (Å²) < 4.78 is 0. The van der Waals surface area contributed by atoms with E-state index in [1.165, 1.54) is 16.7 Å². The van der Waals surface area contributed by atoms with Crippen molar-refractivity contribution in [2.75, 3.05) is 5.88 Å². The van der Waals surface area contributed by atoms with Crippen LogP contribution in [-0.4, -0.2) is 50.6 Å². The molecular formula is C12H16Cl2N2O3S. The van der Waals surface area contributed by atoms with Gasteiger partial charge in [-0.2, -0.15) is 0 Å². The van der Waals surface area contributed by atoms with Crippen molar-refractivity contribution >= 4 is 41.5 Å². The molecule has 1 amide bonds. The first-order valence-corrected chi connectivity index (χ1v) is 7.52. The molecule has 5 nitrogen and oxygen atoms in total. The van der Waals surface area contributed by atoms with Crippen LogP contribution in [0.2, 0.25) is 0 Å². The molecule has 0 aromatic carbocycles. The number of nitrogens with one attached hydrogen (secondary N) is 1. The Morgan fingerprint density at radius 1 is 1.65 bits per heavy atom. The normalized spacial score (nSPS) is 28.8. The fraction of sp³-hybridized carbons (Fsp3) is 0.583. The van der Waals surface area contributed by atoms with Gasteiger partial charge in [0.15, 0.2) is 5.37 Å². The molecule has 8 heteroatoms. The molecule has 3 atom stereocenters. The lowest BCUT2D eigenvalue weighted by molar-refractivity contribution is -0.500. The summed E-state index contributed by atoms with van der Waals surface area (Å²) in [5, 5.41) is 8.88. The van der Waals surface area contributed by atoms with Gasteiger partial charge in [-0.1, -0.05) is 13.8 Å². The number of halogens is 2. The lowest BCUT2D eigenvalue weighted by atomic mass is 10.1. The van der Waals surface area contributed by atoms with Crippen LogP contribution in [0.1, 0.15) is 13.8 Å². The Balaban J connectivity index is 0.00000200. The van der Waals surface area contributed by atoms with Gasteiger partial charge in [-0.05, 0) is 6.08 Å². The maximum absolute atomic E-state index is 12.0. The lowest BCUT2D eigenvalue weighted by Gasteiger charge is -2.45. The number of carbonyl (C=O) groups excluding carboxylic acids is 1. The van der Waals surface area contributed by atoms with Gasteiger partial charge in [0.2, 0.25) is 0 Å². The zero-order chi connectivity index (χ0) is 14.2. The third-order valence-corrected chi connectivity index (χ3v) is 4.87. The lowest BCUT2D eigenvalue weighted by Crippen LogP contribution is -3.00. The molecule has 20 heavy (non-hydrogen) atoms. The molecule has 0 aliphatic carbocycles. The van der Waals surface area contributed by atoms with Gasteiger partial charge in [-0.25, -0.2) is 9.79 Å². The number of carboxylic acids is 1. The van der Waals surface area contributed by atoms with E-state index in [0.29, 0.717) is 11.8 Å². The number of fused-ring (bicyclic) bond motifs is 1. The second kappa shape index (κ2) is 6.83. The van der Waals surface area contributed by atoms with E-state index < -0.39 is 5.97 Å². The molecule has 2 heterocycles. The van der Waals surface area contributed by atoms with Crippen molar-refractivity contribution < 1.29 is 32.1 Å². The van der Waals surface area contributed by atoms with Crippen molar-refractivity contribution in [2.45, 2.75) is 30.5 Å². The maximum atomic E-state index is 12.0. The van der Waals surface area contributed by atoms with Crippen LogP contribution in [0.4, 0.5) is 0 Å². The molecule has 2 aliphatic heterocycles. The summed E-state index contributed by atoms with van der Waals surface area (Å²) in [6.45, 7) is 4.01. The van der Waals surface area contributed by atoms with E-state index in [9.17, 15) is 9.59 Å². The molecule has 0 aromatic rings. The van der Waals surface area contributed by atoms with Crippen molar-refractivity contribution in [1.29, 1.82) is 0 Å². The van der Waals surface area contributed by atoms with Crippen LogP contribution in [0.15, 0.2) is 11.8 Å². The Hall–Kier alpha value is -0.720. The van der Waals surface area contributed by atoms with Gasteiger partial charge in [-0.3, -0.25) is 9.69 Å². The molecule has 2 rings (SSSR count). The number of rotatable bonds is 4. The molecule has 0 radical (unpaired) electrons. The first kappa shape index (κ1) is 17.3. The SMILES string of the molecule is CC(C)C=[NH+][C@@H]1C(=O)N2C(C(=O)O)=CC(CCl)S[C@H]12.[Cl-]. The number of thioether (sulfide) groups is 1. The highest BCUT2D eigenvalue weighted by Gasteiger charge is 2.57. The highest BCUT2D eigenvalue weighted by Crippen LogP contribution is 2.39. The number of alkyl halides is 1. The van der Waals surface area contributed by atoms with Crippen LogP contribution in [-0.2, 0) is 9.59 Å². The number of aliphatic carboxylic acids is 1. The molecule has 1 saturated heterocycles. The van der Waals surface area contributed by atoms with Crippen LogP contribution in [0.3, 0.4) is 0 Å². The number of β-lactam (4-membered cyclic amide) rings is 1. The minimum absolute atomic E-state index is 0. The van der Waals surface area contributed by atoms with E-state index >= 15 is 0 Å². The molecule has 1 fully saturated rings. The summed E-state index contributed by atoms with van der Waals surface area (Å²) in [6, 6.07) is -0.360. The Morgan fingerprint density at radius 3 is 2.80 bits per heavy atom. The van der Waals surface area contributed by atoms with Gasteiger partial charge < -0.3 is 17.5 Å². The molecule has 2 aliphatic rings. The van der Waals surface area contributed by atoms with Crippen molar-refractivity contribution in [3.8, 4) is 0 Å². The van der Waals surface area contributed by atoms with E-state index in [1.54, 1.807) is 6.08 Å². The first-order valence-electron chi connectivity index (χ1n) is 6.04. The van der Waals surface area contributed by atoms with Crippen LogP contribution < -0.4 is 17.4 Å². The quantitative estimate of drug-likeness (QED) is 0.319. The topological polar surface area (TPSA) is 71.6 Å². The predicted molar refractivity (Wildman–Crippen MR) is 74.1 cm³/mol. The highest BCUT2D eigenvalue weighted by atomic mass is 35.5. The maximum Gasteiger partial charge on any atom is 0.352 e. The Labute approximate surface area is 132 Å². The van der Waals surface area contributed by atoms with Crippen molar-refractivity contribution in [1.82, 2.24) is 4.90 Å². The Kier molecular flexibility index (Phi) is 5.91. The first-order chi connectivity index (χ1) is 8.95. The molecule has 112 valence electrons. The van der Waals surface area contributed by atoms with Crippen LogP contribution >= 0.6 is 23.4 Å². The second-order valence-corrected chi connectivity index (χ2v) is 6.51. The molecular weight excluding hydrogens is 323 g/mol. The van der Waals surface area contributed by atoms with Gasteiger partial charge in [0.1, 0.15) is 11.9 Å². The minimum Gasteiger partial charge on any atom is -1.00 e. The fourth-order valence-corrected chi connectivity index (χ4v) is 3.68. The van der Waals surface area contributed by atoms with E-state index in [1.807, 2.05) is 20.1 Å². The number of nitrogens with zero attached hydrogens (tertiary/aromatic N) is 1. The second-order valence-electron chi connectivity index (χ2n) is 4.84. The summed E-state index contributed by atoms with van der Waals surface area (Å²) >= 11 is 7.33. The fourth-order valence-electron chi connectivity index (χ4n) is 2.04. The molecule has 0 spiro atoms. The van der Waals surface area contributed by atoms with E-state index in [4.69, 9.17) is 16.7 Å². The summed E-state index contributed by atoms with van der Waals surface area (Å²) in [5.74, 6) is -0.634. The zero-order valence-corrected chi connectivity index (χ0v) is 13.4. The minimum atomic E-state index is -1.08. The van der Waals surface area contributed by atoms with E-state index in [-0.39, 0.29) is 40.7 Å². The standard InChI is InChI=1S/C12H15ClN2O3S.ClH/c1-6(2)5-14-9-10(16)15-8(12(17)18)3-7(4-13)19-11(9)15;/h3,5-7,9,11H,4H2,1-2H3,(H,17,18);1H/t7?,9-,11-;/m1./s1. The Morgan fingerprint density at radius 2 is 2.30 bits per heavy atom. The van der Waals surface area contributed by atoms with Crippen LogP contribution in [0.5, 0.6) is 0 Å². The van der Waals surface area contributed by atoms with Crippen LogP contribution in [0.25, 0.3) is 0 Å². The van der Waals surface area contributed by atoms with Crippen molar-refractivity contribution in [3.05, 3.63) is 11.8 Å². The predicted octanol–water partition coefficient (Wildman–Crippen LogP) is -3.34. The molecule has 2 N–H and O–H groups in total. The van der Waals surface area contributed by atoms with Crippen molar-refractivity contribution in [3.63, 3.8) is 0 Å². The number of amides is 1. The third kappa shape index (κ3) is 3.13. The Bertz CT molecular complexity index is 468. The average Bonchev–Trinajstić information content (AvgIpc) is 2.36. The molecule has 0 bridgehead atoms. The third-order valence-electron chi connectivity index (χ3n) is 2.94. The summed E-state index contributed by atoms with van der Waals surface area (Å²) in [7, 11) is 0. The molecule has 1 unspecified atom stereocenters. The summed E-state index contributed by atoms with van der Waals surface area (Å²) in [5.41, 5.74) is 0.0435. The highest BCUT2D eigenvalue weighted by molar-refractivity contribution is 8.01. The van der Waals surface area contributed by atoms with Gasteiger partial charge in [-0.15, -0.1) is 23.4 Å². The van der Waals surface area contributed by atoms with Crippen molar-refractivity contribution in [2.24, 2.45) is 5.92 Å². The summed E-state index contributed by atoms with van der Waals surface area (Å²) in [4.78, 5) is 27.6. The summed E-state index contributed by atoms with van der Waals surface area (Å²) in [6.07, 6.45) is 3.41. The van der Waals surface area contributed by atoms with Gasteiger partial charge in [0, 0.05) is 17.0 Å². The number of hydrogen-bond acceptors (Lipinski definition) is 3. The van der Waals surface area contributed by atoms with Gasteiger partial charge in [0.25, 0.3) is 11.9 Å². The zero-order valence-electron chi connectivity index (χ0n) is 11.0.